The summed E-state index contributed by atoms with van der Waals surface area (Å²) in [7, 11) is -1.50. The van der Waals surface area contributed by atoms with Gasteiger partial charge in [-0.3, -0.25) is 4.72 Å². The molecule has 0 aliphatic heterocycles. The van der Waals surface area contributed by atoms with Crippen molar-refractivity contribution < 1.29 is 8.42 Å². The maximum absolute atomic E-state index is 11.7. The number of hydrogen-bond donors (Lipinski definition) is 2. The minimum Gasteiger partial charge on any atom is -0.320 e. The number of nitrogens with one attached hydrogen (secondary N) is 2. The number of hydrogen-bond acceptors (Lipinski definition) is 3. The number of benzene rings is 1. The van der Waals surface area contributed by atoms with Gasteiger partial charge in [-0.25, -0.2) is 8.42 Å². The first-order chi connectivity index (χ1) is 7.94. The molecule has 0 fully saturated rings. The van der Waals surface area contributed by atoms with E-state index in [1.807, 2.05) is 0 Å². The number of halogens is 2. The maximum atomic E-state index is 11.7. The SMILES string of the molecule is CNCCCS(=O)(=O)Nc1ccc(Cl)c(Br)c1. The first-order valence-corrected chi connectivity index (χ1v) is 7.87. The highest BCUT2D eigenvalue weighted by Gasteiger charge is 2.10. The molecule has 0 bridgehead atoms. The maximum Gasteiger partial charge on any atom is 0.232 e. The number of sulfonamides is 1. The average molecular weight is 342 g/mol. The zero-order chi connectivity index (χ0) is 12.9. The van der Waals surface area contributed by atoms with Gasteiger partial charge in [-0.1, -0.05) is 11.6 Å². The molecular formula is C10H14BrClN2O2S. The predicted octanol–water partition coefficient (Wildman–Crippen LogP) is 2.45. The lowest BCUT2D eigenvalue weighted by Gasteiger charge is -2.08. The second-order valence-electron chi connectivity index (χ2n) is 3.51. The van der Waals surface area contributed by atoms with Crippen molar-refractivity contribution in [3.63, 3.8) is 0 Å². The van der Waals surface area contributed by atoms with E-state index in [0.717, 1.165) is 0 Å². The molecule has 1 aromatic rings. The summed E-state index contributed by atoms with van der Waals surface area (Å²) in [6, 6.07) is 4.90. The highest BCUT2D eigenvalue weighted by molar-refractivity contribution is 9.10. The van der Waals surface area contributed by atoms with E-state index in [1.165, 1.54) is 0 Å². The van der Waals surface area contributed by atoms with E-state index < -0.39 is 10.0 Å². The van der Waals surface area contributed by atoms with Crippen LogP contribution >= 0.6 is 27.5 Å². The minimum absolute atomic E-state index is 0.0914. The third-order valence-electron chi connectivity index (χ3n) is 2.03. The van der Waals surface area contributed by atoms with Crippen molar-refractivity contribution in [1.29, 1.82) is 0 Å². The standard InChI is InChI=1S/C10H14BrClN2O2S/c1-13-5-2-6-17(15,16)14-8-3-4-10(12)9(11)7-8/h3-4,7,13-14H,2,5-6H2,1H3. The van der Waals surface area contributed by atoms with Crippen molar-refractivity contribution in [1.82, 2.24) is 5.32 Å². The Morgan fingerprint density at radius 3 is 2.71 bits per heavy atom. The fourth-order valence-electron chi connectivity index (χ4n) is 1.23. The van der Waals surface area contributed by atoms with Crippen LogP contribution in [0.3, 0.4) is 0 Å². The van der Waals surface area contributed by atoms with Crippen LogP contribution in [0.1, 0.15) is 6.42 Å². The molecule has 0 spiro atoms. The first kappa shape index (κ1) is 14.8. The van der Waals surface area contributed by atoms with E-state index in [1.54, 1.807) is 25.2 Å². The zero-order valence-electron chi connectivity index (χ0n) is 9.33. The van der Waals surface area contributed by atoms with Crippen molar-refractivity contribution in [3.05, 3.63) is 27.7 Å². The molecule has 0 saturated heterocycles. The highest BCUT2D eigenvalue weighted by Crippen LogP contribution is 2.26. The van der Waals surface area contributed by atoms with E-state index >= 15 is 0 Å². The van der Waals surface area contributed by atoms with Crippen LogP contribution in [-0.4, -0.2) is 27.8 Å². The van der Waals surface area contributed by atoms with Gasteiger partial charge in [0.1, 0.15) is 0 Å². The van der Waals surface area contributed by atoms with Gasteiger partial charge in [0.05, 0.1) is 10.8 Å². The van der Waals surface area contributed by atoms with Crippen LogP contribution in [0, 0.1) is 0 Å². The van der Waals surface area contributed by atoms with Gasteiger partial charge in [0.25, 0.3) is 0 Å². The van der Waals surface area contributed by atoms with Gasteiger partial charge in [-0.05, 0) is 54.1 Å². The van der Waals surface area contributed by atoms with E-state index in [2.05, 4.69) is 26.0 Å². The largest absolute Gasteiger partial charge is 0.320 e. The van der Waals surface area contributed by atoms with Crippen LogP contribution in [0.15, 0.2) is 22.7 Å². The molecule has 1 rings (SSSR count). The van der Waals surface area contributed by atoms with Gasteiger partial charge >= 0.3 is 0 Å². The minimum atomic E-state index is -3.29. The van der Waals surface area contributed by atoms with Crippen LogP contribution in [0.4, 0.5) is 5.69 Å². The van der Waals surface area contributed by atoms with Gasteiger partial charge in [0.2, 0.25) is 10.0 Å². The summed E-state index contributed by atoms with van der Waals surface area (Å²) in [4.78, 5) is 0. The molecule has 0 heterocycles. The third kappa shape index (κ3) is 5.25. The number of anilines is 1. The van der Waals surface area contributed by atoms with E-state index in [0.29, 0.717) is 28.1 Å². The molecule has 17 heavy (non-hydrogen) atoms. The summed E-state index contributed by atoms with van der Waals surface area (Å²) in [6.07, 6.45) is 0.570. The summed E-state index contributed by atoms with van der Waals surface area (Å²) in [6.45, 7) is 0.672. The smallest absolute Gasteiger partial charge is 0.232 e. The number of rotatable bonds is 6. The van der Waals surface area contributed by atoms with Crippen LogP contribution in [0.2, 0.25) is 5.02 Å². The normalized spacial score (nSPS) is 11.5. The van der Waals surface area contributed by atoms with E-state index in [4.69, 9.17) is 11.6 Å². The molecule has 0 aliphatic carbocycles. The Morgan fingerprint density at radius 2 is 2.12 bits per heavy atom. The van der Waals surface area contributed by atoms with Crippen LogP contribution in [0.25, 0.3) is 0 Å². The molecule has 0 radical (unpaired) electrons. The Balaban J connectivity index is 2.66. The molecule has 0 aliphatic rings. The quantitative estimate of drug-likeness (QED) is 0.781. The zero-order valence-corrected chi connectivity index (χ0v) is 12.5. The molecule has 1 aromatic carbocycles. The summed E-state index contributed by atoms with van der Waals surface area (Å²) in [5.41, 5.74) is 0.505. The van der Waals surface area contributed by atoms with Crippen molar-refractivity contribution in [2.75, 3.05) is 24.1 Å². The van der Waals surface area contributed by atoms with Crippen molar-refractivity contribution in [2.24, 2.45) is 0 Å². The Kier molecular flexibility index (Phi) is 5.72. The van der Waals surface area contributed by atoms with E-state index in [-0.39, 0.29) is 5.75 Å². The summed E-state index contributed by atoms with van der Waals surface area (Å²) in [5, 5.41) is 3.45. The van der Waals surface area contributed by atoms with Crippen molar-refractivity contribution >= 4 is 43.2 Å². The molecule has 0 amide bonds. The molecule has 0 aromatic heterocycles. The molecule has 2 N–H and O–H groups in total. The fraction of sp³-hybridized carbons (Fsp3) is 0.400. The lowest BCUT2D eigenvalue weighted by atomic mass is 10.3. The van der Waals surface area contributed by atoms with Gasteiger partial charge in [-0.2, -0.15) is 0 Å². The monoisotopic (exact) mass is 340 g/mol. The highest BCUT2D eigenvalue weighted by atomic mass is 79.9. The first-order valence-electron chi connectivity index (χ1n) is 5.05. The molecule has 0 atom stereocenters. The molecule has 96 valence electrons. The Hall–Kier alpha value is -0.300. The second-order valence-corrected chi connectivity index (χ2v) is 6.61. The van der Waals surface area contributed by atoms with Gasteiger partial charge in [0.15, 0.2) is 0 Å². The van der Waals surface area contributed by atoms with Gasteiger partial charge in [-0.15, -0.1) is 0 Å². The van der Waals surface area contributed by atoms with Crippen LogP contribution < -0.4 is 10.0 Å². The van der Waals surface area contributed by atoms with Gasteiger partial charge < -0.3 is 5.32 Å². The molecular weight excluding hydrogens is 328 g/mol. The van der Waals surface area contributed by atoms with Crippen LogP contribution in [-0.2, 0) is 10.0 Å². The summed E-state index contributed by atoms with van der Waals surface area (Å²) in [5.74, 6) is 0.0914. The fourth-order valence-corrected chi connectivity index (χ4v) is 2.84. The molecule has 7 heteroatoms. The van der Waals surface area contributed by atoms with Crippen LogP contribution in [0.5, 0.6) is 0 Å². The lowest BCUT2D eigenvalue weighted by Crippen LogP contribution is -2.20. The second kappa shape index (κ2) is 6.58. The third-order valence-corrected chi connectivity index (χ3v) is 4.62. The predicted molar refractivity (Wildman–Crippen MR) is 75.1 cm³/mol. The average Bonchev–Trinajstić information content (AvgIpc) is 2.23. The van der Waals surface area contributed by atoms with Crippen molar-refractivity contribution in [2.45, 2.75) is 6.42 Å². The van der Waals surface area contributed by atoms with Crippen molar-refractivity contribution in [3.8, 4) is 0 Å². The summed E-state index contributed by atoms with van der Waals surface area (Å²) >= 11 is 9.06. The molecule has 0 unspecified atom stereocenters. The molecule has 0 saturated carbocycles. The topological polar surface area (TPSA) is 58.2 Å². The summed E-state index contributed by atoms with van der Waals surface area (Å²) < 4.78 is 26.5. The Labute approximate surface area is 115 Å². The van der Waals surface area contributed by atoms with Gasteiger partial charge in [0, 0.05) is 10.2 Å². The van der Waals surface area contributed by atoms with E-state index in [9.17, 15) is 8.42 Å². The lowest BCUT2D eigenvalue weighted by molar-refractivity contribution is 0.597. The molecule has 4 nitrogen and oxygen atoms in total. The Bertz CT molecular complexity index is 479. The Morgan fingerprint density at radius 1 is 1.41 bits per heavy atom.